The highest BCUT2D eigenvalue weighted by Crippen LogP contribution is 2.27. The molecule has 0 unspecified atom stereocenters. The number of hydrogen-bond acceptors (Lipinski definition) is 2. The normalized spacial score (nSPS) is 13.0. The Kier molecular flexibility index (Phi) is 4.78. The Labute approximate surface area is 139 Å². The molecule has 1 aliphatic heterocycles. The minimum absolute atomic E-state index is 0.0110. The third kappa shape index (κ3) is 3.50. The van der Waals surface area contributed by atoms with Crippen molar-refractivity contribution in [3.05, 3.63) is 64.1 Å². The van der Waals surface area contributed by atoms with Gasteiger partial charge >= 0.3 is 0 Å². The summed E-state index contributed by atoms with van der Waals surface area (Å²) in [6.45, 7) is 2.76. The topological polar surface area (TPSA) is 32.3 Å². The van der Waals surface area contributed by atoms with Gasteiger partial charge in [-0.3, -0.25) is 4.79 Å². The standard InChI is InChI=1S/C18H19BrN2O/c19-16-7-3-6-15(13-16)18(22)20-10-4-11-21-12-9-14-5-1-2-8-17(14)21/h1-3,5-8,13H,4,9-12H2,(H,20,22). The summed E-state index contributed by atoms with van der Waals surface area (Å²) < 4.78 is 0.925. The number of fused-ring (bicyclic) bond motifs is 1. The minimum atomic E-state index is -0.0110. The van der Waals surface area contributed by atoms with Crippen molar-refractivity contribution >= 4 is 27.5 Å². The summed E-state index contributed by atoms with van der Waals surface area (Å²) in [6.07, 6.45) is 2.08. The molecule has 0 atom stereocenters. The Morgan fingerprint density at radius 2 is 2.05 bits per heavy atom. The van der Waals surface area contributed by atoms with Gasteiger partial charge in [-0.15, -0.1) is 0 Å². The summed E-state index contributed by atoms with van der Waals surface area (Å²) in [5.41, 5.74) is 3.47. The van der Waals surface area contributed by atoms with Gasteiger partial charge in [-0.25, -0.2) is 0 Å². The Morgan fingerprint density at radius 1 is 1.18 bits per heavy atom. The van der Waals surface area contributed by atoms with E-state index < -0.39 is 0 Å². The maximum absolute atomic E-state index is 12.0. The summed E-state index contributed by atoms with van der Waals surface area (Å²) >= 11 is 3.39. The highest BCUT2D eigenvalue weighted by atomic mass is 79.9. The number of carbonyl (C=O) groups is 1. The number of halogens is 1. The molecular weight excluding hydrogens is 340 g/mol. The van der Waals surface area contributed by atoms with E-state index in [2.05, 4.69) is 50.4 Å². The van der Waals surface area contributed by atoms with E-state index >= 15 is 0 Å². The van der Waals surface area contributed by atoms with Gasteiger partial charge in [-0.1, -0.05) is 40.2 Å². The number of para-hydroxylation sites is 1. The van der Waals surface area contributed by atoms with Gasteiger partial charge in [0.2, 0.25) is 0 Å². The van der Waals surface area contributed by atoms with Crippen LogP contribution in [-0.4, -0.2) is 25.5 Å². The van der Waals surface area contributed by atoms with E-state index in [9.17, 15) is 4.79 Å². The molecule has 0 aliphatic carbocycles. The average Bonchev–Trinajstić information content (AvgIpc) is 2.95. The number of nitrogens with one attached hydrogen (secondary N) is 1. The van der Waals surface area contributed by atoms with E-state index in [1.54, 1.807) is 0 Å². The first-order valence-electron chi connectivity index (χ1n) is 7.60. The lowest BCUT2D eigenvalue weighted by Gasteiger charge is -2.19. The summed E-state index contributed by atoms with van der Waals surface area (Å²) in [6, 6.07) is 16.0. The van der Waals surface area contributed by atoms with Gasteiger partial charge in [0.25, 0.3) is 5.91 Å². The number of hydrogen-bond donors (Lipinski definition) is 1. The van der Waals surface area contributed by atoms with Crippen molar-refractivity contribution in [2.24, 2.45) is 0 Å². The fourth-order valence-corrected chi connectivity index (χ4v) is 3.24. The number of benzene rings is 2. The maximum Gasteiger partial charge on any atom is 0.251 e. The van der Waals surface area contributed by atoms with Gasteiger partial charge in [-0.2, -0.15) is 0 Å². The largest absolute Gasteiger partial charge is 0.371 e. The second-order valence-electron chi connectivity index (χ2n) is 5.49. The SMILES string of the molecule is O=C(NCCCN1CCc2ccccc21)c1cccc(Br)c1. The molecule has 1 heterocycles. The van der Waals surface area contributed by atoms with E-state index in [1.165, 1.54) is 11.3 Å². The monoisotopic (exact) mass is 358 g/mol. The van der Waals surface area contributed by atoms with Crippen molar-refractivity contribution in [3.63, 3.8) is 0 Å². The van der Waals surface area contributed by atoms with Crippen molar-refractivity contribution in [2.75, 3.05) is 24.5 Å². The Bertz CT molecular complexity index is 672. The van der Waals surface area contributed by atoms with Crippen molar-refractivity contribution in [1.29, 1.82) is 0 Å². The van der Waals surface area contributed by atoms with Gasteiger partial charge < -0.3 is 10.2 Å². The van der Waals surface area contributed by atoms with E-state index in [0.717, 1.165) is 30.4 Å². The zero-order valence-corrected chi connectivity index (χ0v) is 14.0. The maximum atomic E-state index is 12.0. The van der Waals surface area contributed by atoms with Crippen LogP contribution in [0.2, 0.25) is 0 Å². The molecule has 0 bridgehead atoms. The lowest BCUT2D eigenvalue weighted by atomic mass is 10.2. The van der Waals surface area contributed by atoms with E-state index in [-0.39, 0.29) is 5.91 Å². The molecule has 0 saturated carbocycles. The molecule has 3 rings (SSSR count). The molecule has 0 fully saturated rings. The van der Waals surface area contributed by atoms with Gasteiger partial charge in [0.15, 0.2) is 0 Å². The summed E-state index contributed by atoms with van der Waals surface area (Å²) in [7, 11) is 0. The lowest BCUT2D eigenvalue weighted by molar-refractivity contribution is 0.0953. The highest BCUT2D eigenvalue weighted by molar-refractivity contribution is 9.10. The Morgan fingerprint density at radius 3 is 2.91 bits per heavy atom. The molecule has 1 amide bonds. The van der Waals surface area contributed by atoms with Crippen molar-refractivity contribution < 1.29 is 4.79 Å². The number of amides is 1. The minimum Gasteiger partial charge on any atom is -0.371 e. The number of carbonyl (C=O) groups excluding carboxylic acids is 1. The number of rotatable bonds is 5. The number of nitrogens with zero attached hydrogens (tertiary/aromatic N) is 1. The fourth-order valence-electron chi connectivity index (χ4n) is 2.84. The first-order valence-corrected chi connectivity index (χ1v) is 8.40. The van der Waals surface area contributed by atoms with Gasteiger partial charge in [0.1, 0.15) is 0 Å². The van der Waals surface area contributed by atoms with E-state index in [0.29, 0.717) is 12.1 Å². The van der Waals surface area contributed by atoms with Crippen LogP contribution < -0.4 is 10.2 Å². The molecule has 0 aromatic heterocycles. The molecular formula is C18H19BrN2O. The van der Waals surface area contributed by atoms with Crippen LogP contribution in [0.1, 0.15) is 22.3 Å². The molecule has 2 aromatic carbocycles. The summed E-state index contributed by atoms with van der Waals surface area (Å²) in [5.74, 6) is -0.0110. The molecule has 0 saturated heterocycles. The lowest BCUT2D eigenvalue weighted by Crippen LogP contribution is -2.29. The zero-order valence-electron chi connectivity index (χ0n) is 12.4. The van der Waals surface area contributed by atoms with Crippen LogP contribution in [0.4, 0.5) is 5.69 Å². The Balaban J connectivity index is 1.46. The second-order valence-corrected chi connectivity index (χ2v) is 6.40. The summed E-state index contributed by atoms with van der Waals surface area (Å²) in [4.78, 5) is 14.4. The molecule has 1 N–H and O–H groups in total. The van der Waals surface area contributed by atoms with Crippen molar-refractivity contribution in [2.45, 2.75) is 12.8 Å². The van der Waals surface area contributed by atoms with Crippen LogP contribution in [0, 0.1) is 0 Å². The van der Waals surface area contributed by atoms with Crippen LogP contribution in [0.3, 0.4) is 0 Å². The fraction of sp³-hybridized carbons (Fsp3) is 0.278. The van der Waals surface area contributed by atoms with Gasteiger partial charge in [0.05, 0.1) is 0 Å². The smallest absolute Gasteiger partial charge is 0.251 e. The third-order valence-corrected chi connectivity index (χ3v) is 4.45. The molecule has 0 spiro atoms. The van der Waals surface area contributed by atoms with Gasteiger partial charge in [0, 0.05) is 35.4 Å². The van der Waals surface area contributed by atoms with Crippen molar-refractivity contribution in [1.82, 2.24) is 5.32 Å². The van der Waals surface area contributed by atoms with Crippen LogP contribution in [0.15, 0.2) is 53.0 Å². The van der Waals surface area contributed by atoms with Crippen LogP contribution >= 0.6 is 15.9 Å². The highest BCUT2D eigenvalue weighted by Gasteiger charge is 2.17. The predicted octanol–water partition coefficient (Wildman–Crippen LogP) is 3.63. The van der Waals surface area contributed by atoms with E-state index in [1.807, 2.05) is 24.3 Å². The predicted molar refractivity (Wildman–Crippen MR) is 93.5 cm³/mol. The number of anilines is 1. The molecule has 3 nitrogen and oxygen atoms in total. The van der Waals surface area contributed by atoms with E-state index in [4.69, 9.17) is 0 Å². The first-order chi connectivity index (χ1) is 10.7. The molecule has 2 aromatic rings. The van der Waals surface area contributed by atoms with Crippen LogP contribution in [-0.2, 0) is 6.42 Å². The second kappa shape index (κ2) is 6.97. The van der Waals surface area contributed by atoms with Crippen LogP contribution in [0.5, 0.6) is 0 Å². The quantitative estimate of drug-likeness (QED) is 0.827. The molecule has 4 heteroatoms. The third-order valence-electron chi connectivity index (χ3n) is 3.96. The van der Waals surface area contributed by atoms with Crippen LogP contribution in [0.25, 0.3) is 0 Å². The molecule has 0 radical (unpaired) electrons. The molecule has 1 aliphatic rings. The van der Waals surface area contributed by atoms with Crippen molar-refractivity contribution in [3.8, 4) is 0 Å². The summed E-state index contributed by atoms with van der Waals surface area (Å²) in [5, 5.41) is 2.99. The Hall–Kier alpha value is -1.81. The average molecular weight is 359 g/mol. The first kappa shape index (κ1) is 15.1. The van der Waals surface area contributed by atoms with Gasteiger partial charge in [-0.05, 0) is 42.7 Å². The molecule has 22 heavy (non-hydrogen) atoms. The zero-order chi connectivity index (χ0) is 15.4. The molecule has 114 valence electrons.